The van der Waals surface area contributed by atoms with E-state index >= 15 is 0 Å². The molecule has 1 unspecified atom stereocenters. The van der Waals surface area contributed by atoms with Crippen LogP contribution >= 0.6 is 0 Å². The van der Waals surface area contributed by atoms with Gasteiger partial charge >= 0.3 is 0 Å². The number of rotatable bonds is 14. The fourth-order valence-electron chi connectivity index (χ4n) is 5.88. The minimum Gasteiger partial charge on any atom is -0.491 e. The molecule has 5 heterocycles. The van der Waals surface area contributed by atoms with Crippen LogP contribution in [-0.4, -0.2) is 88.3 Å². The van der Waals surface area contributed by atoms with E-state index in [-0.39, 0.29) is 17.8 Å². The molecule has 6 rings (SSSR count). The van der Waals surface area contributed by atoms with Crippen LogP contribution in [0, 0.1) is 5.92 Å². The van der Waals surface area contributed by atoms with Gasteiger partial charge in [0.25, 0.3) is 0 Å². The number of carbonyl (C=O) groups is 1. The summed E-state index contributed by atoms with van der Waals surface area (Å²) in [6.07, 6.45) is 5.90. The van der Waals surface area contributed by atoms with E-state index in [9.17, 15) is 4.79 Å². The van der Waals surface area contributed by atoms with E-state index < -0.39 is 6.04 Å². The van der Waals surface area contributed by atoms with Gasteiger partial charge in [0, 0.05) is 32.4 Å². The summed E-state index contributed by atoms with van der Waals surface area (Å²) in [5.41, 5.74) is 8.43. The number of hydrogen-bond donors (Lipinski definition) is 3. The third-order valence-electron chi connectivity index (χ3n) is 8.09. The van der Waals surface area contributed by atoms with E-state index in [2.05, 4.69) is 37.5 Å². The van der Waals surface area contributed by atoms with Gasteiger partial charge in [-0.1, -0.05) is 6.92 Å². The van der Waals surface area contributed by atoms with E-state index in [0.29, 0.717) is 54.6 Å². The Morgan fingerprint density at radius 3 is 2.71 bits per heavy atom. The lowest BCUT2D eigenvalue weighted by Crippen LogP contribution is -2.43. The van der Waals surface area contributed by atoms with Crippen LogP contribution in [0.4, 0.5) is 11.6 Å². The number of benzene rings is 1. The molecule has 1 saturated heterocycles. The molecule has 5 aromatic rings. The van der Waals surface area contributed by atoms with Crippen LogP contribution < -0.4 is 26.0 Å². The predicted molar refractivity (Wildman–Crippen MR) is 170 cm³/mol. The number of nitrogens with zero attached hydrogens (tertiary/aromatic N) is 7. The molecule has 0 bridgehead atoms. The van der Waals surface area contributed by atoms with Gasteiger partial charge in [0.05, 0.1) is 24.5 Å². The van der Waals surface area contributed by atoms with Crippen molar-refractivity contribution in [1.29, 1.82) is 0 Å². The lowest BCUT2D eigenvalue weighted by Gasteiger charge is -2.31. The average molecular weight is 617 g/mol. The monoisotopic (exact) mass is 616 g/mol. The van der Waals surface area contributed by atoms with Gasteiger partial charge in [-0.05, 0) is 74.7 Å². The van der Waals surface area contributed by atoms with Gasteiger partial charge in [0.1, 0.15) is 18.4 Å². The Morgan fingerprint density at radius 1 is 1.16 bits per heavy atom. The summed E-state index contributed by atoms with van der Waals surface area (Å²) in [4.78, 5) is 25.6. The maximum atomic E-state index is 14.0. The molecular weight excluding hydrogens is 576 g/mol. The molecular formula is C31H40N10O4. The van der Waals surface area contributed by atoms with Crippen LogP contribution in [0.3, 0.4) is 0 Å². The van der Waals surface area contributed by atoms with Crippen LogP contribution in [0.1, 0.15) is 32.2 Å². The smallest absolute Gasteiger partial charge is 0.245 e. The normalized spacial score (nSPS) is 14.6. The van der Waals surface area contributed by atoms with Crippen LogP contribution in [0.25, 0.3) is 28.3 Å². The van der Waals surface area contributed by atoms with E-state index in [1.54, 1.807) is 36.4 Å². The molecule has 0 saturated carbocycles. The zero-order valence-corrected chi connectivity index (χ0v) is 25.7. The van der Waals surface area contributed by atoms with Crippen LogP contribution in [-0.2, 0) is 9.53 Å². The molecule has 0 aliphatic carbocycles. The molecule has 1 fully saturated rings. The Labute approximate surface area is 260 Å². The molecule has 238 valence electrons. The number of nitrogen functional groups attached to an aromatic ring is 1. The molecule has 1 aliphatic rings. The van der Waals surface area contributed by atoms with Gasteiger partial charge in [0.2, 0.25) is 17.7 Å². The second kappa shape index (κ2) is 13.9. The maximum absolute atomic E-state index is 14.0. The quantitative estimate of drug-likeness (QED) is 0.157. The van der Waals surface area contributed by atoms with Crippen molar-refractivity contribution in [3.8, 4) is 17.3 Å². The van der Waals surface area contributed by atoms with Gasteiger partial charge < -0.3 is 35.2 Å². The highest BCUT2D eigenvalue weighted by Gasteiger charge is 2.34. The van der Waals surface area contributed by atoms with E-state index in [4.69, 9.17) is 24.7 Å². The minimum absolute atomic E-state index is 0.0718. The van der Waals surface area contributed by atoms with Crippen molar-refractivity contribution in [2.24, 2.45) is 5.92 Å². The Balaban J connectivity index is 1.22. The van der Waals surface area contributed by atoms with Crippen molar-refractivity contribution < 1.29 is 18.7 Å². The Bertz CT molecular complexity index is 1690. The summed E-state index contributed by atoms with van der Waals surface area (Å²) in [6.45, 7) is 6.84. The molecule has 0 radical (unpaired) electrons. The second-order valence-corrected chi connectivity index (χ2v) is 11.1. The van der Waals surface area contributed by atoms with E-state index in [1.165, 1.54) is 4.52 Å². The first-order valence-electron chi connectivity index (χ1n) is 15.5. The minimum atomic E-state index is -0.561. The number of furan rings is 1. The van der Waals surface area contributed by atoms with Crippen LogP contribution in [0.15, 0.2) is 53.3 Å². The fraction of sp³-hybridized carbons (Fsp3) is 0.452. The average Bonchev–Trinajstić information content (AvgIpc) is 3.83. The van der Waals surface area contributed by atoms with E-state index in [0.717, 1.165) is 50.3 Å². The predicted octanol–water partition coefficient (Wildman–Crippen LogP) is 2.91. The molecule has 14 heteroatoms. The number of anilines is 2. The first-order chi connectivity index (χ1) is 22.1. The van der Waals surface area contributed by atoms with Crippen molar-refractivity contribution in [2.45, 2.75) is 32.2 Å². The molecule has 45 heavy (non-hydrogen) atoms. The zero-order chi connectivity index (χ0) is 31.2. The summed E-state index contributed by atoms with van der Waals surface area (Å²) in [5, 5.41) is 16.4. The van der Waals surface area contributed by atoms with Gasteiger partial charge in [-0.3, -0.25) is 4.79 Å². The first-order valence-corrected chi connectivity index (χ1v) is 15.5. The van der Waals surface area contributed by atoms with E-state index in [1.807, 2.05) is 24.3 Å². The van der Waals surface area contributed by atoms with Crippen LogP contribution in [0.5, 0.6) is 5.75 Å². The lowest BCUT2D eigenvalue weighted by molar-refractivity contribution is -0.126. The highest BCUT2D eigenvalue weighted by atomic mass is 16.5. The largest absolute Gasteiger partial charge is 0.491 e. The molecule has 4 aromatic heterocycles. The summed E-state index contributed by atoms with van der Waals surface area (Å²) in [5.74, 6) is 1.84. The van der Waals surface area contributed by atoms with Crippen molar-refractivity contribution in [1.82, 2.24) is 40.0 Å². The number of ether oxygens (including phenoxy) is 2. The van der Waals surface area contributed by atoms with Crippen LogP contribution in [0.2, 0.25) is 0 Å². The van der Waals surface area contributed by atoms with Crippen molar-refractivity contribution in [3.05, 3.63) is 48.9 Å². The summed E-state index contributed by atoms with van der Waals surface area (Å²) < 4.78 is 19.5. The van der Waals surface area contributed by atoms with Crippen molar-refractivity contribution >= 4 is 34.2 Å². The number of hydrogen-bond acceptors (Lipinski definition) is 11. The third-order valence-corrected chi connectivity index (χ3v) is 8.09. The standard InChI is InChI=1S/C31H40N10O4/c1-3-15-39(22-6-8-23(9-7-22)44-19-18-43-2)16-14-34-30(42)26(21-10-12-33-13-11-21)40-29-24(20-35-40)28-36-27(25-5-4-17-45-25)38-41(28)31(32)37-29/h4-9,17,20-21,26,33H,3,10-16,18-19H2,1-2H3,(H2,32,37)(H,34,42). The molecule has 1 amide bonds. The number of amides is 1. The number of carbonyl (C=O) groups excluding carboxylic acids is 1. The Kier molecular flexibility index (Phi) is 9.41. The topological polar surface area (TPSA) is 163 Å². The third kappa shape index (κ3) is 6.56. The number of nitrogens with one attached hydrogen (secondary N) is 2. The summed E-state index contributed by atoms with van der Waals surface area (Å²) in [6, 6.07) is 11.0. The molecule has 0 spiro atoms. The Morgan fingerprint density at radius 2 is 1.98 bits per heavy atom. The maximum Gasteiger partial charge on any atom is 0.245 e. The second-order valence-electron chi connectivity index (χ2n) is 11.1. The van der Waals surface area contributed by atoms with Gasteiger partial charge in [0.15, 0.2) is 17.1 Å². The zero-order valence-electron chi connectivity index (χ0n) is 25.7. The SMILES string of the molecule is CCCN(CCNC(=O)C(C1CCNCC1)n1ncc2c1nc(N)n1nc(-c3ccco3)nc21)c1ccc(OCCOC)cc1. The highest BCUT2D eigenvalue weighted by molar-refractivity contribution is 5.92. The Hall–Kier alpha value is -4.69. The number of piperidine rings is 1. The number of aromatic nitrogens is 6. The number of methoxy groups -OCH3 is 1. The van der Waals surface area contributed by atoms with Crippen molar-refractivity contribution in [2.75, 3.05) is 63.7 Å². The number of fused-ring (bicyclic) bond motifs is 3. The lowest BCUT2D eigenvalue weighted by atomic mass is 9.89. The first kappa shape index (κ1) is 30.3. The van der Waals surface area contributed by atoms with Gasteiger partial charge in [-0.2, -0.15) is 14.6 Å². The van der Waals surface area contributed by atoms with Gasteiger partial charge in [-0.25, -0.2) is 9.67 Å². The van der Waals surface area contributed by atoms with Crippen molar-refractivity contribution in [3.63, 3.8) is 0 Å². The summed E-state index contributed by atoms with van der Waals surface area (Å²) in [7, 11) is 1.65. The highest BCUT2D eigenvalue weighted by Crippen LogP contribution is 2.31. The summed E-state index contributed by atoms with van der Waals surface area (Å²) >= 11 is 0. The number of nitrogens with two attached hydrogens (primary N) is 1. The fourth-order valence-corrected chi connectivity index (χ4v) is 5.88. The molecule has 1 aliphatic heterocycles. The molecule has 1 atom stereocenters. The molecule has 14 nitrogen and oxygen atoms in total. The molecule has 4 N–H and O–H groups in total. The van der Waals surface area contributed by atoms with Gasteiger partial charge in [-0.15, -0.1) is 5.10 Å². The molecule has 1 aromatic carbocycles.